The number of carbonyl (C=O) groups is 1. The maximum absolute atomic E-state index is 12.8. The minimum absolute atomic E-state index is 0.267. The second-order valence-electron chi connectivity index (χ2n) is 9.62. The number of nitrogens with zero attached hydrogens (tertiary/aromatic N) is 3. The number of guanidine groups is 1. The monoisotopic (exact) mass is 435 g/mol. The molecule has 30 heavy (non-hydrogen) atoms. The van der Waals surface area contributed by atoms with Crippen molar-refractivity contribution in [3.05, 3.63) is 0 Å². The number of amides is 1. The lowest BCUT2D eigenvalue weighted by Gasteiger charge is -2.42. The van der Waals surface area contributed by atoms with Crippen LogP contribution in [0.4, 0.5) is 0 Å². The van der Waals surface area contributed by atoms with Crippen molar-refractivity contribution in [1.82, 2.24) is 20.4 Å². The van der Waals surface area contributed by atoms with Gasteiger partial charge in [-0.3, -0.25) is 14.7 Å². The number of aliphatic imine (C=N–C) groups is 1. The zero-order valence-corrected chi connectivity index (χ0v) is 19.7. The van der Waals surface area contributed by atoms with E-state index in [2.05, 4.69) is 39.1 Å². The molecular weight excluding hydrogens is 394 g/mol. The van der Waals surface area contributed by atoms with Gasteiger partial charge in [0, 0.05) is 61.7 Å². The van der Waals surface area contributed by atoms with Crippen molar-refractivity contribution in [3.8, 4) is 0 Å². The molecule has 1 amide bonds. The normalized spacial score (nSPS) is 28.2. The van der Waals surface area contributed by atoms with Gasteiger partial charge in [-0.05, 0) is 39.0 Å². The third-order valence-electron chi connectivity index (χ3n) is 7.64. The predicted molar refractivity (Wildman–Crippen MR) is 126 cm³/mol. The summed E-state index contributed by atoms with van der Waals surface area (Å²) >= 11 is 2.09. The summed E-state index contributed by atoms with van der Waals surface area (Å²) in [6, 6.07) is 0.319. The van der Waals surface area contributed by atoms with Gasteiger partial charge in [0.2, 0.25) is 5.91 Å². The highest BCUT2D eigenvalue weighted by Crippen LogP contribution is 2.37. The van der Waals surface area contributed by atoms with Crippen LogP contribution in [0.3, 0.4) is 0 Å². The average Bonchev–Trinajstić information content (AvgIpc) is 3.55. The highest BCUT2D eigenvalue weighted by Gasteiger charge is 2.40. The minimum atomic E-state index is 0.267. The molecule has 2 N–H and O–H groups in total. The van der Waals surface area contributed by atoms with Crippen molar-refractivity contribution in [1.29, 1.82) is 0 Å². The van der Waals surface area contributed by atoms with E-state index in [1.54, 1.807) is 0 Å². The molecule has 2 aliphatic heterocycles. The first-order valence-electron chi connectivity index (χ1n) is 12.4. The molecule has 1 unspecified atom stereocenters. The lowest BCUT2D eigenvalue weighted by molar-refractivity contribution is -0.134. The van der Waals surface area contributed by atoms with E-state index in [1.165, 1.54) is 63.1 Å². The Labute approximate surface area is 187 Å². The molecule has 2 saturated carbocycles. The number of carbonyl (C=O) groups excluding carboxylic acids is 1. The SMILES string of the molecule is CCNC(=NCC1(N2CCSCC2)CCCC1)NC1CCN(C(=O)C2CCCC2)C1. The van der Waals surface area contributed by atoms with Crippen LogP contribution in [0.1, 0.15) is 64.7 Å². The molecule has 170 valence electrons. The zero-order chi connectivity index (χ0) is 20.8. The molecule has 4 fully saturated rings. The Hall–Kier alpha value is -0.950. The predicted octanol–water partition coefficient (Wildman–Crippen LogP) is 2.69. The van der Waals surface area contributed by atoms with E-state index in [1.807, 2.05) is 0 Å². The van der Waals surface area contributed by atoms with Crippen LogP contribution in [0.25, 0.3) is 0 Å². The molecule has 0 radical (unpaired) electrons. The van der Waals surface area contributed by atoms with E-state index in [-0.39, 0.29) is 11.5 Å². The maximum Gasteiger partial charge on any atom is 0.225 e. The average molecular weight is 436 g/mol. The molecule has 0 aromatic rings. The number of likely N-dealkylation sites (tertiary alicyclic amines) is 1. The molecule has 2 saturated heterocycles. The fourth-order valence-electron chi connectivity index (χ4n) is 5.89. The van der Waals surface area contributed by atoms with Crippen LogP contribution < -0.4 is 10.6 Å². The lowest BCUT2D eigenvalue weighted by Crippen LogP contribution is -2.53. The summed E-state index contributed by atoms with van der Waals surface area (Å²) < 4.78 is 0. The number of nitrogens with one attached hydrogen (secondary N) is 2. The van der Waals surface area contributed by atoms with Gasteiger partial charge in [-0.1, -0.05) is 25.7 Å². The van der Waals surface area contributed by atoms with Crippen LogP contribution in [0, 0.1) is 5.92 Å². The summed E-state index contributed by atoms with van der Waals surface area (Å²) in [6.07, 6.45) is 10.9. The standard InChI is InChI=1S/C23H41N5OS/c1-2-24-22(25-18-23(10-5-6-11-23)28-13-15-30-16-14-28)26-20-9-12-27(17-20)21(29)19-7-3-4-8-19/h19-20H,2-18H2,1H3,(H2,24,25,26). The van der Waals surface area contributed by atoms with E-state index in [9.17, 15) is 4.79 Å². The topological polar surface area (TPSA) is 60.0 Å². The largest absolute Gasteiger partial charge is 0.357 e. The summed E-state index contributed by atoms with van der Waals surface area (Å²) in [6.45, 7) is 8.04. The van der Waals surface area contributed by atoms with Crippen LogP contribution in [-0.2, 0) is 4.79 Å². The summed E-state index contributed by atoms with van der Waals surface area (Å²) in [4.78, 5) is 22.7. The van der Waals surface area contributed by atoms with Gasteiger partial charge in [-0.15, -0.1) is 0 Å². The van der Waals surface area contributed by atoms with Crippen LogP contribution in [0.5, 0.6) is 0 Å². The quantitative estimate of drug-likeness (QED) is 0.496. The minimum Gasteiger partial charge on any atom is -0.357 e. The Morgan fingerprint density at radius 2 is 1.80 bits per heavy atom. The first kappa shape index (κ1) is 22.3. The van der Waals surface area contributed by atoms with E-state index < -0.39 is 0 Å². The molecule has 0 aromatic heterocycles. The molecule has 4 rings (SSSR count). The van der Waals surface area contributed by atoms with Gasteiger partial charge < -0.3 is 15.5 Å². The van der Waals surface area contributed by atoms with Gasteiger partial charge in [0.25, 0.3) is 0 Å². The van der Waals surface area contributed by atoms with Crippen molar-refractivity contribution >= 4 is 23.6 Å². The first-order chi connectivity index (χ1) is 14.7. The zero-order valence-electron chi connectivity index (χ0n) is 18.8. The Morgan fingerprint density at radius 1 is 1.07 bits per heavy atom. The molecule has 0 aromatic carbocycles. The fourth-order valence-corrected chi connectivity index (χ4v) is 6.80. The van der Waals surface area contributed by atoms with E-state index in [4.69, 9.17) is 4.99 Å². The second-order valence-corrected chi connectivity index (χ2v) is 10.8. The van der Waals surface area contributed by atoms with Gasteiger partial charge >= 0.3 is 0 Å². The highest BCUT2D eigenvalue weighted by molar-refractivity contribution is 7.99. The van der Waals surface area contributed by atoms with Gasteiger partial charge in [-0.2, -0.15) is 11.8 Å². The Morgan fingerprint density at radius 3 is 2.50 bits per heavy atom. The molecule has 2 aliphatic carbocycles. The molecule has 4 aliphatic rings. The lowest BCUT2D eigenvalue weighted by atomic mass is 9.95. The van der Waals surface area contributed by atoms with Crippen LogP contribution in [-0.4, -0.2) is 84.0 Å². The van der Waals surface area contributed by atoms with Crippen LogP contribution in [0.2, 0.25) is 0 Å². The first-order valence-corrected chi connectivity index (χ1v) is 13.5. The fraction of sp³-hybridized carbons (Fsp3) is 0.913. The van der Waals surface area contributed by atoms with Crippen molar-refractivity contribution in [2.75, 3.05) is 50.8 Å². The molecule has 1 atom stereocenters. The van der Waals surface area contributed by atoms with E-state index in [0.29, 0.717) is 11.9 Å². The van der Waals surface area contributed by atoms with Crippen molar-refractivity contribution in [3.63, 3.8) is 0 Å². The third-order valence-corrected chi connectivity index (χ3v) is 8.58. The van der Waals surface area contributed by atoms with Gasteiger partial charge in [0.05, 0.1) is 6.54 Å². The molecule has 6 nitrogen and oxygen atoms in total. The van der Waals surface area contributed by atoms with E-state index in [0.717, 1.165) is 51.4 Å². The van der Waals surface area contributed by atoms with Gasteiger partial charge in [-0.25, -0.2) is 0 Å². The Bertz CT molecular complexity index is 594. The van der Waals surface area contributed by atoms with Gasteiger partial charge in [0.1, 0.15) is 0 Å². The number of hydrogen-bond acceptors (Lipinski definition) is 4. The number of rotatable bonds is 6. The second kappa shape index (κ2) is 10.6. The third kappa shape index (κ3) is 5.26. The molecule has 2 heterocycles. The summed E-state index contributed by atoms with van der Waals surface area (Å²) in [5.41, 5.74) is 0.267. The summed E-state index contributed by atoms with van der Waals surface area (Å²) in [5.74, 6) is 4.14. The molecule has 7 heteroatoms. The highest BCUT2D eigenvalue weighted by atomic mass is 32.2. The molecule has 0 bridgehead atoms. The van der Waals surface area contributed by atoms with Crippen LogP contribution in [0.15, 0.2) is 4.99 Å². The molecular formula is C23H41N5OS. The smallest absolute Gasteiger partial charge is 0.225 e. The summed E-state index contributed by atoms with van der Waals surface area (Å²) in [7, 11) is 0. The maximum atomic E-state index is 12.8. The summed E-state index contributed by atoms with van der Waals surface area (Å²) in [5, 5.41) is 7.12. The van der Waals surface area contributed by atoms with Crippen LogP contribution >= 0.6 is 11.8 Å². The van der Waals surface area contributed by atoms with Crippen molar-refractivity contribution in [2.24, 2.45) is 10.9 Å². The molecule has 0 spiro atoms. The van der Waals surface area contributed by atoms with Crippen molar-refractivity contribution in [2.45, 2.75) is 76.3 Å². The van der Waals surface area contributed by atoms with Crippen molar-refractivity contribution < 1.29 is 4.79 Å². The Kier molecular flexibility index (Phi) is 7.85. The number of hydrogen-bond donors (Lipinski definition) is 2. The Balaban J connectivity index is 1.34. The van der Waals surface area contributed by atoms with Gasteiger partial charge in [0.15, 0.2) is 5.96 Å². The van der Waals surface area contributed by atoms with E-state index >= 15 is 0 Å². The number of thioether (sulfide) groups is 1.